The summed E-state index contributed by atoms with van der Waals surface area (Å²) in [6.45, 7) is 1.93. The van der Waals surface area contributed by atoms with Crippen LogP contribution in [0.15, 0.2) is 0 Å². The number of carbonyl (C=O) groups excluding carboxylic acids is 1. The zero-order valence-corrected chi connectivity index (χ0v) is 12.1. The van der Waals surface area contributed by atoms with Crippen molar-refractivity contribution in [1.82, 2.24) is 5.32 Å². The molecule has 2 heterocycles. The predicted octanol–water partition coefficient (Wildman–Crippen LogP) is 1.25. The van der Waals surface area contributed by atoms with Crippen molar-refractivity contribution in [2.75, 3.05) is 49.4 Å². The first-order chi connectivity index (χ1) is 8.69. The highest BCUT2D eigenvalue weighted by molar-refractivity contribution is 7.99. The lowest BCUT2D eigenvalue weighted by Gasteiger charge is -2.27. The standard InChI is InChI=1S/C11H17N3O2S2/c1-13-10(15)9-7(12)8(16-2)11(18-9)14-3-5-17-6-4-14/h3-6,12H2,1-2H3,(H,13,15). The number of thioether (sulfide) groups is 1. The lowest BCUT2D eigenvalue weighted by Crippen LogP contribution is -2.31. The van der Waals surface area contributed by atoms with Crippen LogP contribution in [0.4, 0.5) is 10.7 Å². The number of nitrogens with one attached hydrogen (secondary N) is 1. The minimum Gasteiger partial charge on any atom is -0.492 e. The topological polar surface area (TPSA) is 67.6 Å². The molecule has 0 radical (unpaired) electrons. The Kier molecular flexibility index (Phi) is 4.23. The summed E-state index contributed by atoms with van der Waals surface area (Å²) in [5, 5.41) is 3.57. The van der Waals surface area contributed by atoms with Crippen molar-refractivity contribution < 1.29 is 9.53 Å². The molecule has 0 unspecified atom stereocenters. The fraction of sp³-hybridized carbons (Fsp3) is 0.545. The highest BCUT2D eigenvalue weighted by Crippen LogP contribution is 2.45. The van der Waals surface area contributed by atoms with E-state index in [-0.39, 0.29) is 5.91 Å². The second-order valence-corrected chi connectivity index (χ2v) is 6.09. The number of ether oxygens (including phenoxy) is 1. The summed E-state index contributed by atoms with van der Waals surface area (Å²) >= 11 is 3.34. The maximum absolute atomic E-state index is 11.7. The van der Waals surface area contributed by atoms with Gasteiger partial charge in [-0.05, 0) is 0 Å². The number of nitrogens with zero attached hydrogens (tertiary/aromatic N) is 1. The molecule has 1 amide bonds. The van der Waals surface area contributed by atoms with Crippen LogP contribution in [-0.4, -0.2) is 44.7 Å². The Morgan fingerprint density at radius 2 is 2.11 bits per heavy atom. The van der Waals surface area contributed by atoms with Crippen LogP contribution in [0.3, 0.4) is 0 Å². The van der Waals surface area contributed by atoms with Crippen molar-refractivity contribution in [3.05, 3.63) is 4.88 Å². The van der Waals surface area contributed by atoms with E-state index in [1.165, 1.54) is 11.3 Å². The lowest BCUT2D eigenvalue weighted by molar-refractivity contribution is 0.0967. The molecule has 1 saturated heterocycles. The summed E-state index contributed by atoms with van der Waals surface area (Å²) in [6.07, 6.45) is 0. The second-order valence-electron chi connectivity index (χ2n) is 3.86. The van der Waals surface area contributed by atoms with Gasteiger partial charge in [-0.15, -0.1) is 11.3 Å². The quantitative estimate of drug-likeness (QED) is 0.876. The molecule has 3 N–H and O–H groups in total. The summed E-state index contributed by atoms with van der Waals surface area (Å²) in [4.78, 5) is 14.5. The van der Waals surface area contributed by atoms with Gasteiger partial charge in [0.15, 0.2) is 5.75 Å². The summed E-state index contributed by atoms with van der Waals surface area (Å²) in [7, 11) is 3.19. The van der Waals surface area contributed by atoms with Crippen LogP contribution in [-0.2, 0) is 0 Å². The Bertz CT molecular complexity index is 442. The number of anilines is 2. The van der Waals surface area contributed by atoms with Crippen molar-refractivity contribution >= 4 is 39.7 Å². The summed E-state index contributed by atoms with van der Waals surface area (Å²) in [5.41, 5.74) is 6.43. The molecule has 7 heteroatoms. The number of nitrogen functional groups attached to an aromatic ring is 1. The van der Waals surface area contributed by atoms with E-state index in [1.54, 1.807) is 14.2 Å². The molecule has 5 nitrogen and oxygen atoms in total. The number of nitrogens with two attached hydrogens (primary N) is 1. The van der Waals surface area contributed by atoms with Crippen molar-refractivity contribution in [1.29, 1.82) is 0 Å². The zero-order valence-electron chi connectivity index (χ0n) is 10.5. The van der Waals surface area contributed by atoms with Crippen molar-refractivity contribution in [2.45, 2.75) is 0 Å². The van der Waals surface area contributed by atoms with E-state index in [1.807, 2.05) is 11.8 Å². The Morgan fingerprint density at radius 1 is 1.44 bits per heavy atom. The molecule has 18 heavy (non-hydrogen) atoms. The zero-order chi connectivity index (χ0) is 13.1. The van der Waals surface area contributed by atoms with Gasteiger partial charge in [-0.25, -0.2) is 0 Å². The number of rotatable bonds is 3. The van der Waals surface area contributed by atoms with E-state index in [2.05, 4.69) is 10.2 Å². The summed E-state index contributed by atoms with van der Waals surface area (Å²) in [6, 6.07) is 0. The smallest absolute Gasteiger partial charge is 0.263 e. The minimum absolute atomic E-state index is 0.159. The molecule has 0 aliphatic carbocycles. The van der Waals surface area contributed by atoms with Gasteiger partial charge in [0.2, 0.25) is 0 Å². The molecule has 0 aromatic carbocycles. The summed E-state index contributed by atoms with van der Waals surface area (Å²) in [5.74, 6) is 2.66. The van der Waals surface area contributed by atoms with Gasteiger partial charge in [0.25, 0.3) is 5.91 Å². The highest BCUT2D eigenvalue weighted by atomic mass is 32.2. The first-order valence-electron chi connectivity index (χ1n) is 5.70. The van der Waals surface area contributed by atoms with Gasteiger partial charge in [-0.2, -0.15) is 11.8 Å². The van der Waals surface area contributed by atoms with Gasteiger partial charge < -0.3 is 20.7 Å². The highest BCUT2D eigenvalue weighted by Gasteiger charge is 2.25. The van der Waals surface area contributed by atoms with E-state index >= 15 is 0 Å². The monoisotopic (exact) mass is 287 g/mol. The predicted molar refractivity (Wildman–Crippen MR) is 78.2 cm³/mol. The third kappa shape index (κ3) is 2.37. The molecule has 0 atom stereocenters. The fourth-order valence-corrected chi connectivity index (χ4v) is 3.96. The van der Waals surface area contributed by atoms with E-state index in [9.17, 15) is 4.79 Å². The molecule has 1 aliphatic rings. The first kappa shape index (κ1) is 13.4. The summed E-state index contributed by atoms with van der Waals surface area (Å²) < 4.78 is 5.36. The molecule has 1 aromatic heterocycles. The van der Waals surface area contributed by atoms with Crippen LogP contribution in [0.5, 0.6) is 5.75 Å². The van der Waals surface area contributed by atoms with E-state index in [4.69, 9.17) is 10.5 Å². The Hall–Kier alpha value is -1.08. The molecule has 1 aromatic rings. The molecular formula is C11H17N3O2S2. The van der Waals surface area contributed by atoms with Crippen LogP contribution in [0.2, 0.25) is 0 Å². The molecule has 0 spiro atoms. The maximum atomic E-state index is 11.7. The van der Waals surface area contributed by atoms with Crippen LogP contribution >= 0.6 is 23.1 Å². The Morgan fingerprint density at radius 3 is 2.67 bits per heavy atom. The Balaban J connectivity index is 2.36. The van der Waals surface area contributed by atoms with Gasteiger partial charge in [0, 0.05) is 31.6 Å². The molecule has 0 bridgehead atoms. The number of hydrogen-bond donors (Lipinski definition) is 2. The number of methoxy groups -OCH3 is 1. The van der Waals surface area contributed by atoms with Crippen molar-refractivity contribution in [3.63, 3.8) is 0 Å². The van der Waals surface area contributed by atoms with Gasteiger partial charge in [-0.1, -0.05) is 0 Å². The number of hydrogen-bond acceptors (Lipinski definition) is 6. The van der Waals surface area contributed by atoms with Crippen LogP contribution < -0.4 is 20.7 Å². The molecular weight excluding hydrogens is 270 g/mol. The van der Waals surface area contributed by atoms with E-state index in [0.717, 1.165) is 29.6 Å². The van der Waals surface area contributed by atoms with E-state index in [0.29, 0.717) is 16.3 Å². The average Bonchev–Trinajstić information content (AvgIpc) is 2.76. The molecule has 100 valence electrons. The third-order valence-electron chi connectivity index (χ3n) is 2.82. The van der Waals surface area contributed by atoms with Gasteiger partial charge in [0.05, 0.1) is 7.11 Å². The van der Waals surface area contributed by atoms with Crippen molar-refractivity contribution in [3.8, 4) is 5.75 Å². The van der Waals surface area contributed by atoms with Crippen LogP contribution in [0.25, 0.3) is 0 Å². The lowest BCUT2D eigenvalue weighted by atomic mass is 10.3. The SMILES string of the molecule is CNC(=O)c1sc(N2CCSCC2)c(OC)c1N. The largest absolute Gasteiger partial charge is 0.492 e. The number of thiophene rings is 1. The van der Waals surface area contributed by atoms with Crippen LogP contribution in [0.1, 0.15) is 9.67 Å². The first-order valence-corrected chi connectivity index (χ1v) is 7.67. The fourth-order valence-electron chi connectivity index (χ4n) is 1.87. The number of amides is 1. The van der Waals surface area contributed by atoms with Gasteiger partial charge in [0.1, 0.15) is 15.6 Å². The van der Waals surface area contributed by atoms with Crippen LogP contribution in [0, 0.1) is 0 Å². The maximum Gasteiger partial charge on any atom is 0.263 e. The Labute approximate surface area is 115 Å². The van der Waals surface area contributed by atoms with Gasteiger partial charge >= 0.3 is 0 Å². The molecule has 1 fully saturated rings. The van der Waals surface area contributed by atoms with Gasteiger partial charge in [-0.3, -0.25) is 4.79 Å². The average molecular weight is 287 g/mol. The number of carbonyl (C=O) groups is 1. The van der Waals surface area contributed by atoms with Crippen molar-refractivity contribution in [2.24, 2.45) is 0 Å². The third-order valence-corrected chi connectivity index (χ3v) is 5.01. The van der Waals surface area contributed by atoms with E-state index < -0.39 is 0 Å². The molecule has 0 saturated carbocycles. The second kappa shape index (κ2) is 5.71. The normalized spacial score (nSPS) is 15.6. The minimum atomic E-state index is -0.159. The molecule has 2 rings (SSSR count). The molecule has 1 aliphatic heterocycles.